The Balaban J connectivity index is 1.99. The molecule has 0 radical (unpaired) electrons. The van der Waals surface area contributed by atoms with Crippen LogP contribution in [-0.2, 0) is 6.42 Å². The summed E-state index contributed by atoms with van der Waals surface area (Å²) in [6, 6.07) is 17.4. The maximum atomic E-state index is 8.85. The van der Waals surface area contributed by atoms with Crippen molar-refractivity contribution in [3.05, 3.63) is 59.7 Å². The summed E-state index contributed by atoms with van der Waals surface area (Å²) in [6.07, 6.45) is 1.02. The number of nitrogens with zero attached hydrogens (tertiary/aromatic N) is 1. The number of hydrogen-bond donors (Lipinski definition) is 2. The van der Waals surface area contributed by atoms with Gasteiger partial charge in [0.15, 0.2) is 5.11 Å². The molecule has 0 heterocycles. The number of benzene rings is 2. The van der Waals surface area contributed by atoms with E-state index in [1.165, 1.54) is 5.56 Å². The van der Waals surface area contributed by atoms with Crippen molar-refractivity contribution in [3.63, 3.8) is 0 Å². The van der Waals surface area contributed by atoms with E-state index in [9.17, 15) is 0 Å². The van der Waals surface area contributed by atoms with E-state index < -0.39 is 0 Å². The van der Waals surface area contributed by atoms with Crippen molar-refractivity contribution < 1.29 is 0 Å². The largest absolute Gasteiger partial charge is 0.332 e. The second-order valence-corrected chi connectivity index (χ2v) is 4.73. The Bertz CT molecular complexity index is 642. The van der Waals surface area contributed by atoms with Crippen LogP contribution in [0.15, 0.2) is 48.5 Å². The quantitative estimate of drug-likeness (QED) is 0.837. The van der Waals surface area contributed by atoms with Crippen molar-refractivity contribution >= 4 is 28.7 Å². The fraction of sp³-hybridized carbons (Fsp3) is 0.125. The summed E-state index contributed by atoms with van der Waals surface area (Å²) in [5.74, 6) is 0. The van der Waals surface area contributed by atoms with Crippen molar-refractivity contribution in [3.8, 4) is 6.07 Å². The summed E-state index contributed by atoms with van der Waals surface area (Å²) in [5.41, 5.74) is 3.63. The van der Waals surface area contributed by atoms with Crippen LogP contribution < -0.4 is 10.6 Å². The molecule has 0 saturated carbocycles. The molecule has 100 valence electrons. The molecule has 4 heteroatoms. The van der Waals surface area contributed by atoms with Gasteiger partial charge in [-0.1, -0.05) is 25.1 Å². The van der Waals surface area contributed by atoms with Gasteiger partial charge < -0.3 is 10.6 Å². The average molecular weight is 281 g/mol. The molecule has 0 atom stereocenters. The fourth-order valence-corrected chi connectivity index (χ4v) is 2.02. The molecule has 0 amide bonds. The number of aryl methyl sites for hydroxylation is 1. The van der Waals surface area contributed by atoms with E-state index in [0.717, 1.165) is 17.8 Å². The van der Waals surface area contributed by atoms with E-state index >= 15 is 0 Å². The van der Waals surface area contributed by atoms with Crippen molar-refractivity contribution in [2.24, 2.45) is 0 Å². The van der Waals surface area contributed by atoms with E-state index in [1.807, 2.05) is 24.3 Å². The summed E-state index contributed by atoms with van der Waals surface area (Å²) in [6.45, 7) is 2.12. The highest BCUT2D eigenvalue weighted by molar-refractivity contribution is 7.80. The predicted octanol–water partition coefficient (Wildman–Crippen LogP) is 3.93. The summed E-state index contributed by atoms with van der Waals surface area (Å²) in [7, 11) is 0. The minimum atomic E-state index is 0.504. The number of nitriles is 1. The van der Waals surface area contributed by atoms with Gasteiger partial charge in [-0.15, -0.1) is 0 Å². The van der Waals surface area contributed by atoms with Crippen LogP contribution in [0.25, 0.3) is 0 Å². The Morgan fingerprint density at radius 3 is 2.45 bits per heavy atom. The molecule has 0 fully saturated rings. The molecule has 0 aliphatic rings. The van der Waals surface area contributed by atoms with Gasteiger partial charge >= 0.3 is 0 Å². The van der Waals surface area contributed by atoms with Gasteiger partial charge in [0.2, 0.25) is 0 Å². The lowest BCUT2D eigenvalue weighted by Crippen LogP contribution is -2.19. The SMILES string of the molecule is CCc1ccc(NC(=S)Nc2cccc(C#N)c2)cc1. The normalized spacial score (nSPS) is 9.60. The van der Waals surface area contributed by atoms with Gasteiger partial charge in [-0.25, -0.2) is 0 Å². The van der Waals surface area contributed by atoms with Crippen LogP contribution in [0.2, 0.25) is 0 Å². The second kappa shape index (κ2) is 6.69. The van der Waals surface area contributed by atoms with Crippen LogP contribution in [0, 0.1) is 11.3 Å². The lowest BCUT2D eigenvalue weighted by molar-refractivity contribution is 1.14. The summed E-state index contributed by atoms with van der Waals surface area (Å²) in [4.78, 5) is 0. The van der Waals surface area contributed by atoms with Crippen LogP contribution >= 0.6 is 12.2 Å². The standard InChI is InChI=1S/C16H15N3S/c1-2-12-6-8-14(9-7-12)18-16(20)19-15-5-3-4-13(10-15)11-17/h3-10H,2H2,1H3,(H2,18,19,20). The van der Waals surface area contributed by atoms with Gasteiger partial charge in [-0.2, -0.15) is 5.26 Å². The lowest BCUT2D eigenvalue weighted by atomic mass is 10.1. The number of thiocarbonyl (C=S) groups is 1. The van der Waals surface area contributed by atoms with Crippen LogP contribution in [0.4, 0.5) is 11.4 Å². The number of nitrogens with one attached hydrogen (secondary N) is 2. The van der Waals surface area contributed by atoms with Crippen LogP contribution in [0.1, 0.15) is 18.1 Å². The molecule has 2 aromatic carbocycles. The Morgan fingerprint density at radius 2 is 1.80 bits per heavy atom. The molecule has 2 aromatic rings. The molecule has 2 rings (SSSR count). The molecule has 3 nitrogen and oxygen atoms in total. The first-order chi connectivity index (χ1) is 9.71. The monoisotopic (exact) mass is 281 g/mol. The van der Waals surface area contributed by atoms with Crippen molar-refractivity contribution in [1.82, 2.24) is 0 Å². The highest BCUT2D eigenvalue weighted by Crippen LogP contribution is 2.13. The smallest absolute Gasteiger partial charge is 0.175 e. The van der Waals surface area contributed by atoms with Crippen molar-refractivity contribution in [2.75, 3.05) is 10.6 Å². The molecule has 20 heavy (non-hydrogen) atoms. The molecule has 0 spiro atoms. The predicted molar refractivity (Wildman–Crippen MR) is 86.8 cm³/mol. The third-order valence-electron chi connectivity index (χ3n) is 2.87. The van der Waals surface area contributed by atoms with E-state index in [2.05, 4.69) is 35.8 Å². The first-order valence-corrected chi connectivity index (χ1v) is 6.79. The summed E-state index contributed by atoms with van der Waals surface area (Å²) >= 11 is 5.25. The highest BCUT2D eigenvalue weighted by Gasteiger charge is 2.00. The zero-order chi connectivity index (χ0) is 14.4. The second-order valence-electron chi connectivity index (χ2n) is 4.32. The zero-order valence-corrected chi connectivity index (χ0v) is 12.0. The number of anilines is 2. The topological polar surface area (TPSA) is 47.8 Å². The van der Waals surface area contributed by atoms with Gasteiger partial charge in [0.05, 0.1) is 11.6 Å². The lowest BCUT2D eigenvalue weighted by Gasteiger charge is -2.11. The molecule has 0 aromatic heterocycles. The molecular formula is C16H15N3S. The van der Waals surface area contributed by atoms with Crippen LogP contribution in [-0.4, -0.2) is 5.11 Å². The maximum Gasteiger partial charge on any atom is 0.175 e. The molecule has 0 bridgehead atoms. The van der Waals surface area contributed by atoms with E-state index in [1.54, 1.807) is 12.1 Å². The van der Waals surface area contributed by atoms with Gasteiger partial charge in [0, 0.05) is 11.4 Å². The van der Waals surface area contributed by atoms with Gasteiger partial charge in [-0.3, -0.25) is 0 Å². The van der Waals surface area contributed by atoms with Gasteiger partial charge in [0.1, 0.15) is 0 Å². The molecule has 0 aliphatic heterocycles. The van der Waals surface area contributed by atoms with Crippen molar-refractivity contribution in [2.45, 2.75) is 13.3 Å². The minimum Gasteiger partial charge on any atom is -0.332 e. The van der Waals surface area contributed by atoms with Gasteiger partial charge in [-0.05, 0) is 54.5 Å². The Labute approximate surface area is 124 Å². The molecule has 0 aliphatic carbocycles. The van der Waals surface area contributed by atoms with Crippen LogP contribution in [0.5, 0.6) is 0 Å². The highest BCUT2D eigenvalue weighted by atomic mass is 32.1. The van der Waals surface area contributed by atoms with E-state index in [-0.39, 0.29) is 0 Å². The maximum absolute atomic E-state index is 8.85. The molecule has 2 N–H and O–H groups in total. The fourth-order valence-electron chi connectivity index (χ4n) is 1.78. The summed E-state index contributed by atoms with van der Waals surface area (Å²) in [5, 5.41) is 15.5. The first kappa shape index (κ1) is 14.0. The number of rotatable bonds is 3. The Morgan fingerprint density at radius 1 is 1.10 bits per heavy atom. The van der Waals surface area contributed by atoms with Crippen molar-refractivity contribution in [1.29, 1.82) is 5.26 Å². The third kappa shape index (κ3) is 3.81. The van der Waals surface area contributed by atoms with E-state index in [4.69, 9.17) is 17.5 Å². The van der Waals surface area contributed by atoms with Crippen LogP contribution in [0.3, 0.4) is 0 Å². The molecule has 0 saturated heterocycles. The molecule has 0 unspecified atom stereocenters. The summed E-state index contributed by atoms with van der Waals surface area (Å²) < 4.78 is 0. The average Bonchev–Trinajstić information content (AvgIpc) is 2.48. The Kier molecular flexibility index (Phi) is 4.70. The van der Waals surface area contributed by atoms with Gasteiger partial charge in [0.25, 0.3) is 0 Å². The Hall–Kier alpha value is -2.38. The van der Waals surface area contributed by atoms with E-state index in [0.29, 0.717) is 10.7 Å². The third-order valence-corrected chi connectivity index (χ3v) is 3.07. The first-order valence-electron chi connectivity index (χ1n) is 6.38. The number of hydrogen-bond acceptors (Lipinski definition) is 2. The molecular weight excluding hydrogens is 266 g/mol. The zero-order valence-electron chi connectivity index (χ0n) is 11.2. The minimum absolute atomic E-state index is 0.504.